The molecule has 2 aromatic carbocycles. The van der Waals surface area contributed by atoms with Crippen LogP contribution >= 0.6 is 0 Å². The quantitative estimate of drug-likeness (QED) is 0.667. The van der Waals surface area contributed by atoms with Crippen LogP contribution in [0.2, 0.25) is 0 Å². The number of carbonyl (C=O) groups excluding carboxylic acids is 1. The summed E-state index contributed by atoms with van der Waals surface area (Å²) in [6, 6.07) is 13.7. The predicted molar refractivity (Wildman–Crippen MR) is 103 cm³/mol. The van der Waals surface area contributed by atoms with Crippen molar-refractivity contribution in [1.82, 2.24) is 14.9 Å². The van der Waals surface area contributed by atoms with E-state index in [0.717, 1.165) is 17.7 Å². The van der Waals surface area contributed by atoms with Crippen LogP contribution in [-0.2, 0) is 17.9 Å². The van der Waals surface area contributed by atoms with E-state index < -0.39 is 0 Å². The molecule has 0 radical (unpaired) electrons. The molecule has 6 heteroatoms. The molecule has 6 nitrogen and oxygen atoms in total. The van der Waals surface area contributed by atoms with E-state index in [1.165, 1.54) is 5.56 Å². The Kier molecular flexibility index (Phi) is 6.10. The average molecular weight is 365 g/mol. The molecule has 1 heterocycles. The number of carbonyl (C=O) groups is 1. The van der Waals surface area contributed by atoms with Crippen molar-refractivity contribution in [2.75, 3.05) is 13.7 Å². The molecule has 0 saturated carbocycles. The van der Waals surface area contributed by atoms with Crippen molar-refractivity contribution < 1.29 is 14.3 Å². The summed E-state index contributed by atoms with van der Waals surface area (Å²) in [5.74, 6) is 0.999. The number of rotatable bonds is 8. The molecule has 0 atom stereocenters. The molecule has 0 spiro atoms. The standard InChI is InChI=1S/C21H23N3O3/c1-16-3-8-19(20(11-16)26-2)27-14-21(25)23-12-17-4-6-18(7-5-17)13-24-10-9-22-15-24/h3-11,15H,12-14H2,1-2H3,(H,23,25). The first-order valence-electron chi connectivity index (χ1n) is 8.72. The minimum absolute atomic E-state index is 0.0574. The summed E-state index contributed by atoms with van der Waals surface area (Å²) >= 11 is 0. The zero-order chi connectivity index (χ0) is 19.1. The van der Waals surface area contributed by atoms with Gasteiger partial charge in [0.1, 0.15) is 0 Å². The van der Waals surface area contributed by atoms with Gasteiger partial charge in [-0.15, -0.1) is 0 Å². The molecule has 140 valence electrons. The zero-order valence-corrected chi connectivity index (χ0v) is 15.5. The summed E-state index contributed by atoms with van der Waals surface area (Å²) in [4.78, 5) is 16.1. The highest BCUT2D eigenvalue weighted by Gasteiger charge is 2.08. The van der Waals surface area contributed by atoms with Crippen molar-refractivity contribution >= 4 is 5.91 Å². The molecule has 1 aromatic heterocycles. The molecule has 3 rings (SSSR count). The van der Waals surface area contributed by atoms with Gasteiger partial charge in [0.2, 0.25) is 0 Å². The maximum Gasteiger partial charge on any atom is 0.258 e. The monoisotopic (exact) mass is 365 g/mol. The topological polar surface area (TPSA) is 65.4 Å². The third-order valence-corrected chi connectivity index (χ3v) is 4.11. The second-order valence-corrected chi connectivity index (χ2v) is 6.27. The van der Waals surface area contributed by atoms with Gasteiger partial charge in [0.15, 0.2) is 18.1 Å². The maximum atomic E-state index is 12.0. The van der Waals surface area contributed by atoms with E-state index in [-0.39, 0.29) is 12.5 Å². The lowest BCUT2D eigenvalue weighted by molar-refractivity contribution is -0.123. The molecule has 0 aliphatic heterocycles. The van der Waals surface area contributed by atoms with Crippen LogP contribution in [0, 0.1) is 6.92 Å². The van der Waals surface area contributed by atoms with Gasteiger partial charge in [-0.25, -0.2) is 4.98 Å². The summed E-state index contributed by atoms with van der Waals surface area (Å²) in [7, 11) is 1.58. The van der Waals surface area contributed by atoms with Gasteiger partial charge in [0.25, 0.3) is 5.91 Å². The molecule has 1 amide bonds. The van der Waals surface area contributed by atoms with Crippen LogP contribution in [0.3, 0.4) is 0 Å². The van der Waals surface area contributed by atoms with Gasteiger partial charge >= 0.3 is 0 Å². The number of nitrogens with one attached hydrogen (secondary N) is 1. The van der Waals surface area contributed by atoms with Crippen LogP contribution in [0.25, 0.3) is 0 Å². The molecule has 0 bridgehead atoms. The van der Waals surface area contributed by atoms with Crippen molar-refractivity contribution in [2.45, 2.75) is 20.0 Å². The SMILES string of the molecule is COc1cc(C)ccc1OCC(=O)NCc1ccc(Cn2ccnc2)cc1. The molecular formula is C21H23N3O3. The normalized spacial score (nSPS) is 10.4. The average Bonchev–Trinajstić information content (AvgIpc) is 3.19. The minimum atomic E-state index is -0.180. The Morgan fingerprint density at radius 2 is 1.89 bits per heavy atom. The zero-order valence-electron chi connectivity index (χ0n) is 15.5. The Morgan fingerprint density at radius 1 is 1.11 bits per heavy atom. The van der Waals surface area contributed by atoms with Gasteiger partial charge < -0.3 is 19.4 Å². The van der Waals surface area contributed by atoms with Crippen molar-refractivity contribution in [1.29, 1.82) is 0 Å². The number of aryl methyl sites for hydroxylation is 1. The summed E-state index contributed by atoms with van der Waals surface area (Å²) in [6.07, 6.45) is 5.48. The molecule has 0 aliphatic carbocycles. The molecule has 0 aliphatic rings. The fourth-order valence-electron chi connectivity index (χ4n) is 2.64. The largest absolute Gasteiger partial charge is 0.493 e. The number of aromatic nitrogens is 2. The number of imidazole rings is 1. The molecule has 0 unspecified atom stereocenters. The fourth-order valence-corrected chi connectivity index (χ4v) is 2.64. The summed E-state index contributed by atoms with van der Waals surface area (Å²) in [5.41, 5.74) is 3.28. The number of ether oxygens (including phenoxy) is 2. The lowest BCUT2D eigenvalue weighted by atomic mass is 10.1. The van der Waals surface area contributed by atoms with Crippen molar-refractivity contribution in [3.63, 3.8) is 0 Å². The van der Waals surface area contributed by atoms with Crippen LogP contribution in [0.1, 0.15) is 16.7 Å². The highest BCUT2D eigenvalue weighted by molar-refractivity contribution is 5.77. The molecule has 3 aromatic rings. The van der Waals surface area contributed by atoms with Crippen molar-refractivity contribution in [3.05, 3.63) is 77.9 Å². The van der Waals surface area contributed by atoms with Gasteiger partial charge in [-0.2, -0.15) is 0 Å². The van der Waals surface area contributed by atoms with Crippen LogP contribution in [-0.4, -0.2) is 29.2 Å². The first-order chi connectivity index (χ1) is 13.1. The van der Waals surface area contributed by atoms with Crippen LogP contribution in [0.5, 0.6) is 11.5 Å². The number of nitrogens with zero attached hydrogens (tertiary/aromatic N) is 2. The highest BCUT2D eigenvalue weighted by Crippen LogP contribution is 2.27. The second kappa shape index (κ2) is 8.89. The first-order valence-corrected chi connectivity index (χ1v) is 8.72. The molecule has 27 heavy (non-hydrogen) atoms. The third kappa shape index (κ3) is 5.34. The van der Waals surface area contributed by atoms with Gasteiger partial charge in [0.05, 0.1) is 13.4 Å². The van der Waals surface area contributed by atoms with E-state index in [2.05, 4.69) is 22.4 Å². The Balaban J connectivity index is 1.46. The van der Waals surface area contributed by atoms with Crippen LogP contribution in [0.4, 0.5) is 0 Å². The van der Waals surface area contributed by atoms with Crippen LogP contribution < -0.4 is 14.8 Å². The number of methoxy groups -OCH3 is 1. The lowest BCUT2D eigenvalue weighted by Gasteiger charge is -2.11. The molecular weight excluding hydrogens is 342 g/mol. The Morgan fingerprint density at radius 3 is 2.59 bits per heavy atom. The number of hydrogen-bond donors (Lipinski definition) is 1. The minimum Gasteiger partial charge on any atom is -0.493 e. The Labute approximate surface area is 158 Å². The summed E-state index contributed by atoms with van der Waals surface area (Å²) in [6.45, 7) is 3.15. The molecule has 1 N–H and O–H groups in total. The van der Waals surface area contributed by atoms with E-state index in [0.29, 0.717) is 18.0 Å². The lowest BCUT2D eigenvalue weighted by Crippen LogP contribution is -2.28. The molecule has 0 fully saturated rings. The van der Waals surface area contributed by atoms with E-state index in [1.54, 1.807) is 25.7 Å². The predicted octanol–water partition coefficient (Wildman–Crippen LogP) is 2.94. The summed E-state index contributed by atoms with van der Waals surface area (Å²) in [5, 5.41) is 2.86. The van der Waals surface area contributed by atoms with Crippen molar-refractivity contribution in [3.8, 4) is 11.5 Å². The fraction of sp³-hybridized carbons (Fsp3) is 0.238. The Hall–Kier alpha value is -3.28. The van der Waals surface area contributed by atoms with Crippen molar-refractivity contribution in [2.24, 2.45) is 0 Å². The van der Waals surface area contributed by atoms with E-state index in [9.17, 15) is 4.79 Å². The maximum absolute atomic E-state index is 12.0. The first kappa shape index (κ1) is 18.5. The van der Waals surface area contributed by atoms with Gasteiger partial charge in [-0.1, -0.05) is 30.3 Å². The number of amides is 1. The smallest absolute Gasteiger partial charge is 0.258 e. The van der Waals surface area contributed by atoms with E-state index in [1.807, 2.05) is 42.0 Å². The van der Waals surface area contributed by atoms with E-state index in [4.69, 9.17) is 9.47 Å². The third-order valence-electron chi connectivity index (χ3n) is 4.11. The molecule has 0 saturated heterocycles. The Bertz CT molecular complexity index is 874. The van der Waals surface area contributed by atoms with Gasteiger partial charge in [0, 0.05) is 25.5 Å². The van der Waals surface area contributed by atoms with Gasteiger partial charge in [-0.05, 0) is 35.7 Å². The summed E-state index contributed by atoms with van der Waals surface area (Å²) < 4.78 is 12.8. The van der Waals surface area contributed by atoms with Crippen LogP contribution in [0.15, 0.2) is 61.2 Å². The van der Waals surface area contributed by atoms with Gasteiger partial charge in [-0.3, -0.25) is 4.79 Å². The number of hydrogen-bond acceptors (Lipinski definition) is 4. The second-order valence-electron chi connectivity index (χ2n) is 6.27. The highest BCUT2D eigenvalue weighted by atomic mass is 16.5. The number of benzene rings is 2. The van der Waals surface area contributed by atoms with E-state index >= 15 is 0 Å².